The topological polar surface area (TPSA) is 99.6 Å². The third-order valence-corrected chi connectivity index (χ3v) is 7.99. The lowest BCUT2D eigenvalue weighted by atomic mass is 9.72. The van der Waals surface area contributed by atoms with E-state index in [1.165, 1.54) is 6.20 Å². The SMILES string of the molecule is COc1ccc2ncc(F)c(CCC3(OC)CCC(C)([NH2+]Cc4ccc5c(n4)OCC[NH2+]5)CC3)c2n1.[Cl-]. The van der Waals surface area contributed by atoms with E-state index >= 15 is 0 Å². The lowest BCUT2D eigenvalue weighted by Gasteiger charge is -2.43. The van der Waals surface area contributed by atoms with Crippen LogP contribution in [0.1, 0.15) is 50.3 Å². The Morgan fingerprint density at radius 2 is 1.92 bits per heavy atom. The summed E-state index contributed by atoms with van der Waals surface area (Å²) in [5.74, 6) is 0.879. The first kappa shape index (κ1) is 27.4. The molecule has 0 saturated heterocycles. The van der Waals surface area contributed by atoms with Gasteiger partial charge in [0.15, 0.2) is 5.69 Å². The molecule has 10 heteroatoms. The molecule has 8 nitrogen and oxygen atoms in total. The molecule has 2 aliphatic rings. The van der Waals surface area contributed by atoms with E-state index < -0.39 is 0 Å². The Hall–Kier alpha value is -2.59. The molecule has 0 atom stereocenters. The van der Waals surface area contributed by atoms with Crippen LogP contribution in [-0.2, 0) is 17.7 Å². The summed E-state index contributed by atoms with van der Waals surface area (Å²) in [5, 5.41) is 4.58. The first-order chi connectivity index (χ1) is 17.4. The van der Waals surface area contributed by atoms with E-state index in [4.69, 9.17) is 19.2 Å². The van der Waals surface area contributed by atoms with Gasteiger partial charge in [-0.3, -0.25) is 4.98 Å². The van der Waals surface area contributed by atoms with Gasteiger partial charge in [-0.25, -0.2) is 14.4 Å². The molecule has 37 heavy (non-hydrogen) atoms. The lowest BCUT2D eigenvalue weighted by Crippen LogP contribution is -3.00. The third kappa shape index (κ3) is 5.95. The monoisotopic (exact) mass is 532 g/mol. The molecule has 0 radical (unpaired) electrons. The molecular formula is C27H36ClFN5O3+. The van der Waals surface area contributed by atoms with Crippen molar-refractivity contribution in [3.8, 4) is 11.8 Å². The van der Waals surface area contributed by atoms with Crippen molar-refractivity contribution in [2.24, 2.45) is 0 Å². The van der Waals surface area contributed by atoms with E-state index in [2.05, 4.69) is 39.7 Å². The second kappa shape index (κ2) is 11.4. The molecule has 0 unspecified atom stereocenters. The van der Waals surface area contributed by atoms with Gasteiger partial charge in [-0.1, -0.05) is 0 Å². The minimum absolute atomic E-state index is 0. The van der Waals surface area contributed by atoms with Gasteiger partial charge in [0.25, 0.3) is 5.88 Å². The number of quaternary nitrogens is 2. The van der Waals surface area contributed by atoms with Crippen molar-refractivity contribution in [1.29, 1.82) is 0 Å². The van der Waals surface area contributed by atoms with Crippen molar-refractivity contribution in [2.45, 2.75) is 63.1 Å². The predicted octanol–water partition coefficient (Wildman–Crippen LogP) is -0.822. The molecule has 0 amide bonds. The zero-order chi connectivity index (χ0) is 25.2. The fourth-order valence-electron chi connectivity index (χ4n) is 5.41. The molecule has 0 spiro atoms. The zero-order valence-electron chi connectivity index (χ0n) is 21.7. The van der Waals surface area contributed by atoms with Crippen molar-refractivity contribution in [2.75, 3.05) is 27.4 Å². The van der Waals surface area contributed by atoms with Gasteiger partial charge in [-0.15, -0.1) is 0 Å². The number of nitrogens with two attached hydrogens (primary N) is 2. The highest BCUT2D eigenvalue weighted by Crippen LogP contribution is 2.39. The molecule has 4 heterocycles. The highest BCUT2D eigenvalue weighted by Gasteiger charge is 2.42. The first-order valence-electron chi connectivity index (χ1n) is 12.8. The molecule has 3 aromatic rings. The van der Waals surface area contributed by atoms with Crippen LogP contribution >= 0.6 is 0 Å². The molecule has 0 aromatic carbocycles. The molecule has 4 N–H and O–H groups in total. The van der Waals surface area contributed by atoms with Crippen LogP contribution in [0.15, 0.2) is 30.5 Å². The van der Waals surface area contributed by atoms with Crippen LogP contribution in [0.3, 0.4) is 0 Å². The van der Waals surface area contributed by atoms with Crippen LogP contribution in [0.25, 0.3) is 11.0 Å². The van der Waals surface area contributed by atoms with E-state index in [1.807, 2.05) is 6.07 Å². The highest BCUT2D eigenvalue weighted by molar-refractivity contribution is 5.78. The molecular weight excluding hydrogens is 497 g/mol. The average Bonchev–Trinajstić information content (AvgIpc) is 2.92. The number of aryl methyl sites for hydroxylation is 1. The van der Waals surface area contributed by atoms with Crippen molar-refractivity contribution in [3.05, 3.63) is 47.5 Å². The maximum atomic E-state index is 14.8. The number of halogens is 2. The van der Waals surface area contributed by atoms with Crippen LogP contribution in [0.4, 0.5) is 10.1 Å². The number of hydrogen-bond donors (Lipinski definition) is 2. The van der Waals surface area contributed by atoms with Gasteiger partial charge in [0, 0.05) is 37.6 Å². The van der Waals surface area contributed by atoms with Gasteiger partial charge in [-0.2, -0.15) is 0 Å². The number of pyridine rings is 3. The minimum atomic E-state index is -0.331. The Kier molecular flexibility index (Phi) is 8.48. The zero-order valence-corrected chi connectivity index (χ0v) is 22.5. The smallest absolute Gasteiger partial charge is 0.277 e. The summed E-state index contributed by atoms with van der Waals surface area (Å²) in [6, 6.07) is 7.77. The molecule has 1 aliphatic carbocycles. The van der Waals surface area contributed by atoms with E-state index in [9.17, 15) is 4.39 Å². The summed E-state index contributed by atoms with van der Waals surface area (Å²) >= 11 is 0. The standard InChI is InChI=1S/C27H34FN5O3.ClH/c1-26(31-16-18-4-5-22-25(32-18)36-15-14-29-22)10-12-27(35-3,13-11-26)9-8-19-20(28)17-30-21-6-7-23(34-2)33-24(19)21;/h4-7,17,29,31H,8-16H2,1-3H3;1H/p+1. The maximum Gasteiger partial charge on any atom is 0.277 e. The Morgan fingerprint density at radius 1 is 1.11 bits per heavy atom. The number of aromatic nitrogens is 3. The number of ether oxygens (including phenoxy) is 3. The van der Waals surface area contributed by atoms with Gasteiger partial charge in [0.1, 0.15) is 25.5 Å². The van der Waals surface area contributed by atoms with Crippen molar-refractivity contribution < 1.29 is 41.6 Å². The lowest BCUT2D eigenvalue weighted by molar-refractivity contribution is -0.742. The van der Waals surface area contributed by atoms with Gasteiger partial charge >= 0.3 is 0 Å². The maximum absolute atomic E-state index is 14.8. The van der Waals surface area contributed by atoms with Crippen LogP contribution < -0.4 is 32.5 Å². The van der Waals surface area contributed by atoms with E-state index in [0.717, 1.165) is 62.5 Å². The number of fused-ring (bicyclic) bond motifs is 2. The third-order valence-electron chi connectivity index (χ3n) is 7.99. The summed E-state index contributed by atoms with van der Waals surface area (Å²) in [4.78, 5) is 13.4. The van der Waals surface area contributed by atoms with Crippen LogP contribution in [0, 0.1) is 5.82 Å². The molecule has 200 valence electrons. The Labute approximate surface area is 223 Å². The Bertz CT molecular complexity index is 1240. The molecule has 0 bridgehead atoms. The molecule has 5 rings (SSSR count). The number of nitrogens with zero attached hydrogens (tertiary/aromatic N) is 3. The first-order valence-corrected chi connectivity index (χ1v) is 12.8. The van der Waals surface area contributed by atoms with Gasteiger partial charge in [0.05, 0.1) is 41.2 Å². The number of methoxy groups -OCH3 is 2. The van der Waals surface area contributed by atoms with E-state index in [0.29, 0.717) is 35.5 Å². The normalized spacial score (nSPS) is 23.1. The minimum Gasteiger partial charge on any atom is -1.00 e. The predicted molar refractivity (Wildman–Crippen MR) is 133 cm³/mol. The van der Waals surface area contributed by atoms with Crippen LogP contribution in [0.5, 0.6) is 11.8 Å². The van der Waals surface area contributed by atoms with Gasteiger partial charge in [0.2, 0.25) is 5.88 Å². The van der Waals surface area contributed by atoms with Crippen LogP contribution in [-0.4, -0.2) is 53.5 Å². The summed E-state index contributed by atoms with van der Waals surface area (Å²) < 4.78 is 31.9. The Balaban J connectivity index is 0.00000320. The fourth-order valence-corrected chi connectivity index (χ4v) is 5.41. The number of rotatable bonds is 8. The van der Waals surface area contributed by atoms with Crippen LogP contribution in [0.2, 0.25) is 0 Å². The summed E-state index contributed by atoms with van der Waals surface area (Å²) in [6.07, 6.45) is 6.44. The summed E-state index contributed by atoms with van der Waals surface area (Å²) in [6.45, 7) is 4.78. The van der Waals surface area contributed by atoms with E-state index in [-0.39, 0.29) is 29.4 Å². The van der Waals surface area contributed by atoms with Crippen molar-refractivity contribution >= 4 is 16.7 Å². The fraction of sp³-hybridized carbons (Fsp3) is 0.519. The summed E-state index contributed by atoms with van der Waals surface area (Å²) in [5.41, 5.74) is 3.77. The molecule has 1 aliphatic heterocycles. The summed E-state index contributed by atoms with van der Waals surface area (Å²) in [7, 11) is 3.34. The van der Waals surface area contributed by atoms with Crippen molar-refractivity contribution in [3.63, 3.8) is 0 Å². The van der Waals surface area contributed by atoms with Gasteiger partial charge < -0.3 is 37.3 Å². The van der Waals surface area contributed by atoms with Crippen molar-refractivity contribution in [1.82, 2.24) is 15.0 Å². The largest absolute Gasteiger partial charge is 1.00 e. The average molecular weight is 533 g/mol. The highest BCUT2D eigenvalue weighted by atomic mass is 35.5. The number of hydrogen-bond acceptors (Lipinski definition) is 6. The molecule has 3 aromatic heterocycles. The molecule has 1 saturated carbocycles. The molecule has 1 fully saturated rings. The van der Waals surface area contributed by atoms with E-state index in [1.54, 1.807) is 20.3 Å². The quantitative estimate of drug-likeness (QED) is 0.393. The Morgan fingerprint density at radius 3 is 2.68 bits per heavy atom. The second-order valence-electron chi connectivity index (χ2n) is 10.3. The van der Waals surface area contributed by atoms with Gasteiger partial charge in [-0.05, 0) is 44.7 Å². The second-order valence-corrected chi connectivity index (χ2v) is 10.3.